The van der Waals surface area contributed by atoms with Crippen LogP contribution in [0.15, 0.2) is 24.3 Å². The fourth-order valence-corrected chi connectivity index (χ4v) is 3.21. The van der Waals surface area contributed by atoms with Crippen LogP contribution in [0.3, 0.4) is 0 Å². The third kappa shape index (κ3) is 5.50. The lowest BCUT2D eigenvalue weighted by atomic mass is 9.98. The molecule has 0 fully saturated rings. The van der Waals surface area contributed by atoms with Gasteiger partial charge in [-0.25, -0.2) is 0 Å². The summed E-state index contributed by atoms with van der Waals surface area (Å²) in [5, 5.41) is 15.0. The number of nitrogens with one attached hydrogen (secondary N) is 2. The average Bonchev–Trinajstić information content (AvgIpc) is 3.13. The molecule has 0 spiro atoms. The monoisotopic (exact) mass is 389 g/mol. The van der Waals surface area contributed by atoms with Crippen LogP contribution < -0.4 is 15.5 Å². The van der Waals surface area contributed by atoms with Gasteiger partial charge < -0.3 is 10.2 Å². The van der Waals surface area contributed by atoms with Crippen molar-refractivity contribution in [1.82, 2.24) is 15.5 Å². The Bertz CT molecular complexity index is 773. The van der Waals surface area contributed by atoms with E-state index in [2.05, 4.69) is 20.8 Å². The molecular formula is C19H27N5O2S. The molecule has 0 saturated carbocycles. The maximum atomic E-state index is 12.6. The van der Waals surface area contributed by atoms with Crippen LogP contribution in [0, 0.1) is 5.92 Å². The second-order valence-electron chi connectivity index (χ2n) is 6.63. The molecule has 1 heterocycles. The zero-order valence-electron chi connectivity index (χ0n) is 16.4. The predicted molar refractivity (Wildman–Crippen MR) is 110 cm³/mol. The molecule has 2 unspecified atom stereocenters. The molecule has 0 radical (unpaired) electrons. The van der Waals surface area contributed by atoms with E-state index in [1.54, 1.807) is 6.92 Å². The summed E-state index contributed by atoms with van der Waals surface area (Å²) in [5.41, 5.74) is 2.04. The number of hydrogen-bond acceptors (Lipinski definition) is 6. The van der Waals surface area contributed by atoms with E-state index in [1.807, 2.05) is 57.1 Å². The molecule has 2 rings (SSSR count). The highest BCUT2D eigenvalue weighted by Crippen LogP contribution is 2.28. The summed E-state index contributed by atoms with van der Waals surface area (Å²) in [7, 11) is 3.97. The van der Waals surface area contributed by atoms with Gasteiger partial charge in [0.15, 0.2) is 0 Å². The van der Waals surface area contributed by atoms with E-state index in [0.717, 1.165) is 22.7 Å². The van der Waals surface area contributed by atoms with E-state index in [0.29, 0.717) is 11.6 Å². The van der Waals surface area contributed by atoms with E-state index in [9.17, 15) is 9.59 Å². The zero-order chi connectivity index (χ0) is 20.0. The van der Waals surface area contributed by atoms with Gasteiger partial charge in [-0.1, -0.05) is 38.5 Å². The lowest BCUT2D eigenvalue weighted by Gasteiger charge is -2.22. The second kappa shape index (κ2) is 9.45. The molecular weight excluding hydrogens is 362 g/mol. The molecule has 0 bridgehead atoms. The topological polar surface area (TPSA) is 87.2 Å². The number of hydrogen-bond donors (Lipinski definition) is 2. The molecule has 146 valence electrons. The standard InChI is InChI=1S/C19H27N5O2S/c1-6-12(3)16(20-15(25)7-2)17(26)21-19-23-22-18(27-19)13-8-10-14(11-9-13)24(4)5/h8-12,16H,6-7H2,1-5H3,(H,20,25)(H,21,23,26). The molecule has 2 N–H and O–H groups in total. The normalized spacial score (nSPS) is 12.9. The van der Waals surface area contributed by atoms with Crippen LogP contribution >= 0.6 is 11.3 Å². The first-order chi connectivity index (χ1) is 12.8. The van der Waals surface area contributed by atoms with Crippen LogP contribution in [0.1, 0.15) is 33.6 Å². The number of aromatic nitrogens is 2. The first-order valence-corrected chi connectivity index (χ1v) is 9.88. The van der Waals surface area contributed by atoms with Crippen molar-refractivity contribution < 1.29 is 9.59 Å². The average molecular weight is 390 g/mol. The predicted octanol–water partition coefficient (Wildman–Crippen LogP) is 3.15. The minimum absolute atomic E-state index is 0.0199. The van der Waals surface area contributed by atoms with Crippen molar-refractivity contribution in [2.75, 3.05) is 24.3 Å². The molecule has 1 aromatic heterocycles. The molecule has 7 nitrogen and oxygen atoms in total. The van der Waals surface area contributed by atoms with Crippen LogP contribution in [0.5, 0.6) is 0 Å². The van der Waals surface area contributed by atoms with Crippen molar-refractivity contribution >= 4 is 34.0 Å². The van der Waals surface area contributed by atoms with Gasteiger partial charge in [0.25, 0.3) is 0 Å². The fraction of sp³-hybridized carbons (Fsp3) is 0.474. The molecule has 2 aromatic rings. The van der Waals surface area contributed by atoms with Crippen molar-refractivity contribution in [3.63, 3.8) is 0 Å². The van der Waals surface area contributed by atoms with Crippen LogP contribution in [-0.2, 0) is 9.59 Å². The SMILES string of the molecule is CCC(=O)NC(C(=O)Nc1nnc(-c2ccc(N(C)C)cc2)s1)C(C)CC. The Morgan fingerprint density at radius 3 is 2.37 bits per heavy atom. The van der Waals surface area contributed by atoms with Gasteiger partial charge in [-0.05, 0) is 30.2 Å². The van der Waals surface area contributed by atoms with Gasteiger partial charge in [0.05, 0.1) is 0 Å². The Labute approximate surface area is 164 Å². The fourth-order valence-electron chi connectivity index (χ4n) is 2.45. The summed E-state index contributed by atoms with van der Waals surface area (Å²) in [6, 6.07) is 7.38. The third-order valence-corrected chi connectivity index (χ3v) is 5.31. The Balaban J connectivity index is 2.10. The minimum Gasteiger partial charge on any atom is -0.378 e. The first-order valence-electron chi connectivity index (χ1n) is 9.07. The number of anilines is 2. The number of carbonyl (C=O) groups is 2. The van der Waals surface area contributed by atoms with Gasteiger partial charge in [0, 0.05) is 31.8 Å². The van der Waals surface area contributed by atoms with Crippen molar-refractivity contribution in [3.8, 4) is 10.6 Å². The number of amides is 2. The van der Waals surface area contributed by atoms with Crippen molar-refractivity contribution in [2.24, 2.45) is 5.92 Å². The number of carbonyl (C=O) groups excluding carboxylic acids is 2. The highest BCUT2D eigenvalue weighted by Gasteiger charge is 2.26. The summed E-state index contributed by atoms with van der Waals surface area (Å²) in [6.07, 6.45) is 1.12. The second-order valence-corrected chi connectivity index (χ2v) is 7.60. The molecule has 0 aliphatic carbocycles. The molecule has 0 saturated heterocycles. The molecule has 1 aromatic carbocycles. The Morgan fingerprint density at radius 1 is 1.15 bits per heavy atom. The van der Waals surface area contributed by atoms with Gasteiger partial charge in [0.2, 0.25) is 16.9 Å². The van der Waals surface area contributed by atoms with E-state index < -0.39 is 6.04 Å². The van der Waals surface area contributed by atoms with Crippen LogP contribution in [0.4, 0.5) is 10.8 Å². The highest BCUT2D eigenvalue weighted by molar-refractivity contribution is 7.18. The zero-order valence-corrected chi connectivity index (χ0v) is 17.3. The summed E-state index contributed by atoms with van der Waals surface area (Å²) in [6.45, 7) is 5.70. The quantitative estimate of drug-likeness (QED) is 0.724. The van der Waals surface area contributed by atoms with Gasteiger partial charge in [0.1, 0.15) is 11.0 Å². The van der Waals surface area contributed by atoms with E-state index in [1.165, 1.54) is 11.3 Å². The van der Waals surface area contributed by atoms with Gasteiger partial charge in [-0.2, -0.15) is 0 Å². The van der Waals surface area contributed by atoms with Gasteiger partial charge in [-0.15, -0.1) is 10.2 Å². The van der Waals surface area contributed by atoms with Crippen molar-refractivity contribution in [3.05, 3.63) is 24.3 Å². The van der Waals surface area contributed by atoms with Gasteiger partial charge in [-0.3, -0.25) is 14.9 Å². The number of benzene rings is 1. The Hall–Kier alpha value is -2.48. The van der Waals surface area contributed by atoms with E-state index >= 15 is 0 Å². The van der Waals surface area contributed by atoms with Gasteiger partial charge >= 0.3 is 0 Å². The number of nitrogens with zero attached hydrogens (tertiary/aromatic N) is 3. The summed E-state index contributed by atoms with van der Waals surface area (Å²) < 4.78 is 0. The van der Waals surface area contributed by atoms with Crippen LogP contribution in [0.2, 0.25) is 0 Å². The molecule has 2 amide bonds. The summed E-state index contributed by atoms with van der Waals surface area (Å²) >= 11 is 1.31. The van der Waals surface area contributed by atoms with Crippen molar-refractivity contribution in [2.45, 2.75) is 39.7 Å². The largest absolute Gasteiger partial charge is 0.378 e. The third-order valence-electron chi connectivity index (χ3n) is 4.42. The Morgan fingerprint density at radius 2 is 1.81 bits per heavy atom. The molecule has 2 atom stereocenters. The van der Waals surface area contributed by atoms with E-state index in [4.69, 9.17) is 0 Å². The minimum atomic E-state index is -0.589. The lowest BCUT2D eigenvalue weighted by molar-refractivity contribution is -0.127. The molecule has 0 aliphatic rings. The van der Waals surface area contributed by atoms with Crippen molar-refractivity contribution in [1.29, 1.82) is 0 Å². The number of rotatable bonds is 8. The maximum Gasteiger partial charge on any atom is 0.249 e. The highest BCUT2D eigenvalue weighted by atomic mass is 32.1. The molecule has 0 aliphatic heterocycles. The summed E-state index contributed by atoms with van der Waals surface area (Å²) in [4.78, 5) is 26.4. The lowest BCUT2D eigenvalue weighted by Crippen LogP contribution is -2.47. The maximum absolute atomic E-state index is 12.6. The summed E-state index contributed by atoms with van der Waals surface area (Å²) in [5.74, 6) is -0.391. The van der Waals surface area contributed by atoms with Crippen LogP contribution in [-0.4, -0.2) is 42.1 Å². The smallest absolute Gasteiger partial charge is 0.249 e. The molecule has 27 heavy (non-hydrogen) atoms. The Kier molecular flexibility index (Phi) is 7.29. The van der Waals surface area contributed by atoms with E-state index in [-0.39, 0.29) is 17.7 Å². The van der Waals surface area contributed by atoms with Crippen LogP contribution in [0.25, 0.3) is 10.6 Å². The first kappa shape index (κ1) is 20.8. The molecule has 8 heteroatoms.